The summed E-state index contributed by atoms with van der Waals surface area (Å²) in [6, 6.07) is 0. The van der Waals surface area contributed by atoms with Crippen molar-refractivity contribution in [1.82, 2.24) is 0 Å². The van der Waals surface area contributed by atoms with Crippen LogP contribution in [0.3, 0.4) is 0 Å². The molecule has 21 heavy (non-hydrogen) atoms. The van der Waals surface area contributed by atoms with Gasteiger partial charge in [0.25, 0.3) is 0 Å². The number of aliphatic hydroxyl groups is 1. The number of rotatable bonds is 3. The third kappa shape index (κ3) is 4.44. The van der Waals surface area contributed by atoms with Crippen molar-refractivity contribution in [3.63, 3.8) is 0 Å². The molecule has 2 rings (SSSR count). The minimum atomic E-state index is -0.798. The molecule has 0 radical (unpaired) electrons. The third-order valence-corrected chi connectivity index (χ3v) is 5.35. The van der Waals surface area contributed by atoms with E-state index in [9.17, 15) is 9.90 Å². The zero-order chi connectivity index (χ0) is 15.7. The fourth-order valence-electron chi connectivity index (χ4n) is 2.95. The summed E-state index contributed by atoms with van der Waals surface area (Å²) in [6.07, 6.45) is 4.05. The summed E-state index contributed by atoms with van der Waals surface area (Å²) in [7, 11) is 0. The summed E-state index contributed by atoms with van der Waals surface area (Å²) in [5, 5.41) is 10.5. The van der Waals surface area contributed by atoms with E-state index in [1.54, 1.807) is 6.92 Å². The number of carbonyl (C=O) groups excluding carboxylic acids is 1. The van der Waals surface area contributed by atoms with E-state index in [1.165, 1.54) is 18.2 Å². The van der Waals surface area contributed by atoms with Crippen LogP contribution in [-0.2, 0) is 14.3 Å². The van der Waals surface area contributed by atoms with Crippen molar-refractivity contribution in [1.29, 1.82) is 0 Å². The average Bonchev–Trinajstić information content (AvgIpc) is 2.79. The summed E-state index contributed by atoms with van der Waals surface area (Å²) in [6.45, 7) is 8.17. The van der Waals surface area contributed by atoms with E-state index in [-0.39, 0.29) is 16.0 Å². The van der Waals surface area contributed by atoms with Crippen LogP contribution in [0.2, 0.25) is 0 Å². The summed E-state index contributed by atoms with van der Waals surface area (Å²) >= 11 is 1.28. The molecule has 0 unspecified atom stereocenters. The zero-order valence-corrected chi connectivity index (χ0v) is 14.4. The molecule has 0 aromatic carbocycles. The Morgan fingerprint density at radius 3 is 2.48 bits per heavy atom. The highest BCUT2D eigenvalue weighted by Gasteiger charge is 2.46. The van der Waals surface area contributed by atoms with Crippen molar-refractivity contribution in [2.75, 3.05) is 6.61 Å². The van der Waals surface area contributed by atoms with Crippen LogP contribution in [0, 0.1) is 5.92 Å². The van der Waals surface area contributed by atoms with Crippen LogP contribution in [0.5, 0.6) is 0 Å². The molecule has 1 heterocycles. The van der Waals surface area contributed by atoms with Crippen molar-refractivity contribution in [3.05, 3.63) is 0 Å². The van der Waals surface area contributed by atoms with Gasteiger partial charge in [-0.3, -0.25) is 4.79 Å². The predicted molar refractivity (Wildman–Crippen MR) is 84.2 cm³/mol. The lowest BCUT2D eigenvalue weighted by Crippen LogP contribution is -2.40. The number of ether oxygens (including phenoxy) is 2. The van der Waals surface area contributed by atoms with Gasteiger partial charge in [-0.1, -0.05) is 45.9 Å². The van der Waals surface area contributed by atoms with Crippen LogP contribution in [0.25, 0.3) is 0 Å². The Morgan fingerprint density at radius 2 is 1.90 bits per heavy atom. The van der Waals surface area contributed by atoms with E-state index in [1.807, 2.05) is 20.8 Å². The van der Waals surface area contributed by atoms with Gasteiger partial charge in [-0.05, 0) is 12.8 Å². The summed E-state index contributed by atoms with van der Waals surface area (Å²) in [5.41, 5.74) is 0. The molecule has 2 fully saturated rings. The maximum Gasteiger partial charge on any atom is 0.194 e. The average molecular weight is 316 g/mol. The molecular weight excluding hydrogens is 288 g/mol. The van der Waals surface area contributed by atoms with Gasteiger partial charge in [0.2, 0.25) is 0 Å². The van der Waals surface area contributed by atoms with Crippen LogP contribution in [0.1, 0.15) is 59.8 Å². The first-order chi connectivity index (χ1) is 9.72. The lowest BCUT2D eigenvalue weighted by molar-refractivity contribution is -0.197. The minimum absolute atomic E-state index is 0.0168. The van der Waals surface area contributed by atoms with Gasteiger partial charge in [-0.25, -0.2) is 0 Å². The van der Waals surface area contributed by atoms with Crippen molar-refractivity contribution < 1.29 is 19.4 Å². The molecule has 2 aliphatic rings. The molecule has 0 bridgehead atoms. The zero-order valence-electron chi connectivity index (χ0n) is 13.6. The highest BCUT2D eigenvalue weighted by Crippen LogP contribution is 2.39. The predicted octanol–water partition coefficient (Wildman–Crippen LogP) is 3.12. The molecular formula is C16H28O4S. The van der Waals surface area contributed by atoms with Gasteiger partial charge in [0.1, 0.15) is 6.10 Å². The van der Waals surface area contributed by atoms with Gasteiger partial charge in [0, 0.05) is 17.6 Å². The number of carbonyl (C=O) groups is 1. The molecule has 122 valence electrons. The van der Waals surface area contributed by atoms with Crippen LogP contribution >= 0.6 is 11.8 Å². The molecule has 3 atom stereocenters. The quantitative estimate of drug-likeness (QED) is 0.867. The molecule has 0 aromatic rings. The smallest absolute Gasteiger partial charge is 0.194 e. The molecule has 1 aliphatic carbocycles. The van der Waals surface area contributed by atoms with Gasteiger partial charge in [0.15, 0.2) is 10.9 Å². The molecule has 0 amide bonds. The fraction of sp³-hybridized carbons (Fsp3) is 0.938. The Kier molecular flexibility index (Phi) is 5.40. The number of thioether (sulfide) groups is 1. The van der Waals surface area contributed by atoms with Crippen LogP contribution in [-0.4, -0.2) is 39.6 Å². The molecule has 1 spiro atoms. The molecule has 4 nitrogen and oxygen atoms in total. The topological polar surface area (TPSA) is 55.8 Å². The second-order valence-electron chi connectivity index (χ2n) is 7.25. The Hall–Kier alpha value is -0.100. The monoisotopic (exact) mass is 316 g/mol. The molecule has 1 saturated carbocycles. The lowest BCUT2D eigenvalue weighted by Gasteiger charge is -2.32. The number of hydrogen-bond donors (Lipinski definition) is 1. The first kappa shape index (κ1) is 17.3. The third-order valence-electron chi connectivity index (χ3n) is 4.16. The van der Waals surface area contributed by atoms with E-state index in [4.69, 9.17) is 9.47 Å². The van der Waals surface area contributed by atoms with Gasteiger partial charge in [0.05, 0.1) is 18.6 Å². The highest BCUT2D eigenvalue weighted by molar-refractivity contribution is 8.14. The first-order valence-corrected chi connectivity index (χ1v) is 8.77. The van der Waals surface area contributed by atoms with E-state index in [2.05, 4.69) is 0 Å². The summed E-state index contributed by atoms with van der Waals surface area (Å²) < 4.78 is 11.7. The summed E-state index contributed by atoms with van der Waals surface area (Å²) in [5.74, 6) is -0.939. The Balaban J connectivity index is 1.91. The van der Waals surface area contributed by atoms with Crippen molar-refractivity contribution in [2.24, 2.45) is 5.92 Å². The van der Waals surface area contributed by atoms with E-state index in [0.717, 1.165) is 25.7 Å². The maximum absolute atomic E-state index is 12.2. The molecule has 5 heteroatoms. The normalized spacial score (nSPS) is 28.5. The number of hydrogen-bond acceptors (Lipinski definition) is 5. The van der Waals surface area contributed by atoms with Crippen LogP contribution in [0.4, 0.5) is 0 Å². The van der Waals surface area contributed by atoms with Crippen LogP contribution in [0.15, 0.2) is 0 Å². The molecule has 0 aromatic heterocycles. The van der Waals surface area contributed by atoms with Gasteiger partial charge in [-0.15, -0.1) is 0 Å². The SMILES string of the molecule is C[C@@H](C(=O)SC(C)(C)C)[C@H](O)[C@H]1COC2(CCCCC2)O1. The minimum Gasteiger partial charge on any atom is -0.390 e. The molecule has 1 N–H and O–H groups in total. The Labute approximate surface area is 132 Å². The van der Waals surface area contributed by atoms with Gasteiger partial charge >= 0.3 is 0 Å². The second kappa shape index (κ2) is 6.57. The van der Waals surface area contributed by atoms with E-state index >= 15 is 0 Å². The van der Waals surface area contributed by atoms with E-state index < -0.39 is 17.8 Å². The maximum atomic E-state index is 12.2. The van der Waals surface area contributed by atoms with Crippen molar-refractivity contribution in [2.45, 2.75) is 82.5 Å². The largest absolute Gasteiger partial charge is 0.390 e. The van der Waals surface area contributed by atoms with Gasteiger partial charge < -0.3 is 14.6 Å². The standard InChI is InChI=1S/C16H28O4S/c1-11(14(18)21-15(2,3)4)13(17)12-10-19-16(20-12)8-6-5-7-9-16/h11-13,17H,5-10H2,1-4H3/t11-,12-,13+/m1/s1. The van der Waals surface area contributed by atoms with Crippen molar-refractivity contribution in [3.8, 4) is 0 Å². The second-order valence-corrected chi connectivity index (χ2v) is 9.08. The first-order valence-electron chi connectivity index (χ1n) is 7.95. The Bertz CT molecular complexity index is 371. The highest BCUT2D eigenvalue weighted by atomic mass is 32.2. The van der Waals surface area contributed by atoms with Gasteiger partial charge in [-0.2, -0.15) is 0 Å². The molecule has 1 aliphatic heterocycles. The lowest BCUT2D eigenvalue weighted by atomic mass is 9.94. The number of aliphatic hydroxyl groups excluding tert-OH is 1. The fourth-order valence-corrected chi connectivity index (χ4v) is 3.88. The van der Waals surface area contributed by atoms with Crippen molar-refractivity contribution >= 4 is 16.9 Å². The summed E-state index contributed by atoms with van der Waals surface area (Å²) in [4.78, 5) is 12.2. The van der Waals surface area contributed by atoms with E-state index in [0.29, 0.717) is 6.61 Å². The molecule has 1 saturated heterocycles. The Morgan fingerprint density at radius 1 is 1.29 bits per heavy atom. The van der Waals surface area contributed by atoms with Crippen LogP contribution < -0.4 is 0 Å².